The third-order valence-electron chi connectivity index (χ3n) is 4.16. The molecule has 3 rings (SSSR count). The Morgan fingerprint density at radius 1 is 1.08 bits per heavy atom. The van der Waals surface area contributed by atoms with E-state index in [-0.39, 0.29) is 17.6 Å². The topological polar surface area (TPSA) is 52.7 Å². The summed E-state index contributed by atoms with van der Waals surface area (Å²) in [6, 6.07) is 9.79. The summed E-state index contributed by atoms with van der Waals surface area (Å²) in [4.78, 5) is 29.0. The number of nitrogens with one attached hydrogen (secondary N) is 1. The second-order valence-corrected chi connectivity index (χ2v) is 6.90. The zero-order valence-corrected chi connectivity index (χ0v) is 14.6. The van der Waals surface area contributed by atoms with Crippen molar-refractivity contribution in [2.24, 2.45) is 0 Å². The molecule has 1 N–H and O–H groups in total. The van der Waals surface area contributed by atoms with Crippen molar-refractivity contribution < 1.29 is 14.0 Å². The van der Waals surface area contributed by atoms with Gasteiger partial charge in [0, 0.05) is 32.7 Å². The van der Waals surface area contributed by atoms with Gasteiger partial charge in [-0.05, 0) is 29.1 Å². The highest BCUT2D eigenvalue weighted by molar-refractivity contribution is 7.12. The first kappa shape index (κ1) is 17.6. The van der Waals surface area contributed by atoms with Gasteiger partial charge < -0.3 is 10.2 Å². The minimum absolute atomic E-state index is 0.0652. The average molecular weight is 361 g/mol. The molecule has 7 heteroatoms. The fourth-order valence-corrected chi connectivity index (χ4v) is 3.42. The van der Waals surface area contributed by atoms with Gasteiger partial charge in [-0.3, -0.25) is 14.5 Å². The number of carbonyl (C=O) groups is 2. The standard InChI is InChI=1S/C18H20FN3O2S/c19-15-5-3-14(4-6-15)12-20-17(23)13-21-7-9-22(10-8-21)18(24)16-2-1-11-25-16/h1-6,11H,7-10,12-13H2,(H,20,23). The van der Waals surface area contributed by atoms with Crippen molar-refractivity contribution in [3.05, 3.63) is 58.0 Å². The normalized spacial score (nSPS) is 15.2. The second-order valence-electron chi connectivity index (χ2n) is 5.95. The van der Waals surface area contributed by atoms with Crippen molar-refractivity contribution in [1.82, 2.24) is 15.1 Å². The minimum Gasteiger partial charge on any atom is -0.351 e. The molecule has 2 heterocycles. The summed E-state index contributed by atoms with van der Waals surface area (Å²) in [5.74, 6) is -0.289. The zero-order valence-electron chi connectivity index (χ0n) is 13.8. The van der Waals surface area contributed by atoms with Crippen LogP contribution in [0.3, 0.4) is 0 Å². The Morgan fingerprint density at radius 2 is 1.80 bits per heavy atom. The molecule has 0 spiro atoms. The number of carbonyl (C=O) groups excluding carboxylic acids is 2. The SMILES string of the molecule is O=C(CN1CCN(C(=O)c2cccs2)CC1)NCc1ccc(F)cc1. The smallest absolute Gasteiger partial charge is 0.264 e. The van der Waals surface area contributed by atoms with Crippen molar-refractivity contribution in [3.63, 3.8) is 0 Å². The van der Waals surface area contributed by atoms with Gasteiger partial charge in [-0.25, -0.2) is 4.39 Å². The maximum atomic E-state index is 12.9. The molecule has 0 bridgehead atoms. The van der Waals surface area contributed by atoms with Crippen molar-refractivity contribution in [2.45, 2.75) is 6.54 Å². The third kappa shape index (κ3) is 4.87. The summed E-state index contributed by atoms with van der Waals surface area (Å²) in [7, 11) is 0. The first-order chi connectivity index (χ1) is 12.1. The molecule has 0 radical (unpaired) electrons. The highest BCUT2D eigenvalue weighted by Gasteiger charge is 2.23. The van der Waals surface area contributed by atoms with E-state index in [4.69, 9.17) is 0 Å². The van der Waals surface area contributed by atoms with E-state index < -0.39 is 0 Å². The largest absolute Gasteiger partial charge is 0.351 e. The number of piperazine rings is 1. The zero-order chi connectivity index (χ0) is 17.6. The number of halogens is 1. The van der Waals surface area contributed by atoms with E-state index in [9.17, 15) is 14.0 Å². The molecule has 1 saturated heterocycles. The molecule has 0 unspecified atom stereocenters. The predicted octanol–water partition coefficient (Wildman–Crippen LogP) is 1.96. The molecular weight excluding hydrogens is 341 g/mol. The summed E-state index contributed by atoms with van der Waals surface area (Å²) < 4.78 is 12.9. The highest BCUT2D eigenvalue weighted by Crippen LogP contribution is 2.13. The van der Waals surface area contributed by atoms with Crippen molar-refractivity contribution in [3.8, 4) is 0 Å². The van der Waals surface area contributed by atoms with Gasteiger partial charge in [0.05, 0.1) is 11.4 Å². The van der Waals surface area contributed by atoms with E-state index in [1.54, 1.807) is 12.1 Å². The number of thiophene rings is 1. The van der Waals surface area contributed by atoms with Gasteiger partial charge in [0.1, 0.15) is 5.82 Å². The Labute approximate surface area is 150 Å². The van der Waals surface area contributed by atoms with Crippen LogP contribution in [0.2, 0.25) is 0 Å². The van der Waals surface area contributed by atoms with Gasteiger partial charge in [-0.1, -0.05) is 18.2 Å². The number of amides is 2. The molecule has 1 aliphatic heterocycles. The van der Waals surface area contributed by atoms with Gasteiger partial charge in [0.25, 0.3) is 5.91 Å². The van der Waals surface area contributed by atoms with Crippen LogP contribution in [0, 0.1) is 5.82 Å². The van der Waals surface area contributed by atoms with Crippen molar-refractivity contribution in [1.29, 1.82) is 0 Å². The average Bonchev–Trinajstić information content (AvgIpc) is 3.16. The molecule has 1 aromatic heterocycles. The van der Waals surface area contributed by atoms with E-state index >= 15 is 0 Å². The molecule has 1 fully saturated rings. The molecule has 5 nitrogen and oxygen atoms in total. The van der Waals surface area contributed by atoms with Crippen LogP contribution in [0.15, 0.2) is 41.8 Å². The van der Waals surface area contributed by atoms with E-state index in [0.717, 1.165) is 10.4 Å². The summed E-state index contributed by atoms with van der Waals surface area (Å²) in [5, 5.41) is 4.74. The summed E-state index contributed by atoms with van der Waals surface area (Å²) >= 11 is 1.45. The third-order valence-corrected chi connectivity index (χ3v) is 5.02. The molecule has 0 aliphatic carbocycles. The molecule has 2 amide bonds. The molecule has 0 saturated carbocycles. The van der Waals surface area contributed by atoms with E-state index in [1.165, 1.54) is 23.5 Å². The number of nitrogens with zero attached hydrogens (tertiary/aromatic N) is 2. The molecular formula is C18H20FN3O2S. The first-order valence-corrected chi connectivity index (χ1v) is 9.06. The van der Waals surface area contributed by atoms with Crippen LogP contribution < -0.4 is 5.32 Å². The van der Waals surface area contributed by atoms with Gasteiger partial charge in [-0.15, -0.1) is 11.3 Å². The fraction of sp³-hybridized carbons (Fsp3) is 0.333. The quantitative estimate of drug-likeness (QED) is 0.886. The summed E-state index contributed by atoms with van der Waals surface area (Å²) in [5.41, 5.74) is 0.862. The van der Waals surface area contributed by atoms with Crippen LogP contribution in [-0.4, -0.2) is 54.3 Å². The van der Waals surface area contributed by atoms with Gasteiger partial charge in [0.15, 0.2) is 0 Å². The van der Waals surface area contributed by atoms with Crippen LogP contribution in [0.1, 0.15) is 15.2 Å². The Hall–Kier alpha value is -2.25. The van der Waals surface area contributed by atoms with Crippen LogP contribution in [-0.2, 0) is 11.3 Å². The van der Waals surface area contributed by atoms with Crippen LogP contribution >= 0.6 is 11.3 Å². The second kappa shape index (κ2) is 8.22. The number of hydrogen-bond donors (Lipinski definition) is 1. The number of benzene rings is 1. The van der Waals surface area contributed by atoms with Gasteiger partial charge in [0.2, 0.25) is 5.91 Å². The lowest BCUT2D eigenvalue weighted by Crippen LogP contribution is -2.51. The maximum Gasteiger partial charge on any atom is 0.264 e. The van der Waals surface area contributed by atoms with E-state index in [1.807, 2.05) is 27.3 Å². The van der Waals surface area contributed by atoms with Crippen molar-refractivity contribution >= 4 is 23.2 Å². The molecule has 0 atom stereocenters. The lowest BCUT2D eigenvalue weighted by atomic mass is 10.2. The van der Waals surface area contributed by atoms with E-state index in [2.05, 4.69) is 5.32 Å². The number of hydrogen-bond acceptors (Lipinski definition) is 4. The maximum absolute atomic E-state index is 12.9. The molecule has 2 aromatic rings. The predicted molar refractivity (Wildman–Crippen MR) is 94.9 cm³/mol. The summed E-state index contributed by atoms with van der Waals surface area (Å²) in [6.45, 7) is 3.31. The van der Waals surface area contributed by atoms with Crippen molar-refractivity contribution in [2.75, 3.05) is 32.7 Å². The van der Waals surface area contributed by atoms with Gasteiger partial charge in [-0.2, -0.15) is 0 Å². The Kier molecular flexibility index (Phi) is 5.78. The molecule has 1 aliphatic rings. The van der Waals surface area contributed by atoms with Crippen LogP contribution in [0.25, 0.3) is 0 Å². The lowest BCUT2D eigenvalue weighted by molar-refractivity contribution is -0.122. The lowest BCUT2D eigenvalue weighted by Gasteiger charge is -2.34. The minimum atomic E-state index is -0.287. The van der Waals surface area contributed by atoms with Crippen LogP contribution in [0.4, 0.5) is 4.39 Å². The Morgan fingerprint density at radius 3 is 2.44 bits per heavy atom. The molecule has 132 valence electrons. The molecule has 1 aromatic carbocycles. The summed E-state index contributed by atoms with van der Waals surface area (Å²) in [6.07, 6.45) is 0. The Bertz CT molecular complexity index is 710. The number of rotatable bonds is 5. The molecule has 25 heavy (non-hydrogen) atoms. The van der Waals surface area contributed by atoms with E-state index in [0.29, 0.717) is 39.3 Å². The van der Waals surface area contributed by atoms with Crippen LogP contribution in [0.5, 0.6) is 0 Å². The monoisotopic (exact) mass is 361 g/mol. The Balaban J connectivity index is 1.40. The fourth-order valence-electron chi connectivity index (χ4n) is 2.73. The van der Waals surface area contributed by atoms with Gasteiger partial charge >= 0.3 is 0 Å². The first-order valence-electron chi connectivity index (χ1n) is 8.18. The highest BCUT2D eigenvalue weighted by atomic mass is 32.1.